The van der Waals surface area contributed by atoms with Crippen LogP contribution in [0.1, 0.15) is 1.43 Å². The molecule has 0 spiro atoms. The minimum absolute atomic E-state index is 0. The van der Waals surface area contributed by atoms with E-state index in [0.717, 1.165) is 11.4 Å². The van der Waals surface area contributed by atoms with Crippen LogP contribution in [-0.4, -0.2) is 9.97 Å². The van der Waals surface area contributed by atoms with Crippen LogP contribution in [0.5, 0.6) is 0 Å². The first-order valence-corrected chi connectivity index (χ1v) is 3.51. The molecule has 1 aromatic carbocycles. The van der Waals surface area contributed by atoms with Gasteiger partial charge in [-0.2, -0.15) is 0 Å². The Kier molecular flexibility index (Phi) is 3.53. The number of hydrogen-bond donors (Lipinski definition) is 1. The van der Waals surface area contributed by atoms with Gasteiger partial charge in [0.25, 0.3) is 0 Å². The van der Waals surface area contributed by atoms with Crippen LogP contribution in [0.15, 0.2) is 42.7 Å². The summed E-state index contributed by atoms with van der Waals surface area (Å²) in [5.74, 6) is 0.922. The third kappa shape index (κ3) is 1.97. The van der Waals surface area contributed by atoms with E-state index in [-0.39, 0.29) is 31.0 Å². The van der Waals surface area contributed by atoms with E-state index in [9.17, 15) is 0 Å². The molecule has 0 aliphatic heterocycles. The molecule has 2 nitrogen and oxygen atoms in total. The molecule has 2 aromatic rings. The normalized spacial score (nSPS) is 9.00. The number of H-pyrrole nitrogens is 1. The Morgan fingerprint density at radius 3 is 2.50 bits per heavy atom. The van der Waals surface area contributed by atoms with Crippen LogP contribution in [0, 0.1) is 0 Å². The third-order valence-electron chi connectivity index (χ3n) is 1.55. The Morgan fingerprint density at radius 1 is 1.17 bits per heavy atom. The average molecular weight is 168 g/mol. The second-order valence-corrected chi connectivity index (χ2v) is 2.30. The molecule has 3 heteroatoms. The molecule has 0 radical (unpaired) electrons. The summed E-state index contributed by atoms with van der Waals surface area (Å²) in [5.41, 5.74) is 1.12. The third-order valence-corrected chi connectivity index (χ3v) is 1.55. The van der Waals surface area contributed by atoms with Crippen LogP contribution in [0.2, 0.25) is 0 Å². The molecule has 0 bridgehead atoms. The van der Waals surface area contributed by atoms with Crippen molar-refractivity contribution in [3.05, 3.63) is 42.7 Å². The molecule has 56 valence electrons. The van der Waals surface area contributed by atoms with Gasteiger partial charge in [0, 0.05) is 18.0 Å². The first kappa shape index (κ1) is 9.52. The van der Waals surface area contributed by atoms with Crippen molar-refractivity contribution in [3.8, 4) is 11.4 Å². The van der Waals surface area contributed by atoms with E-state index in [2.05, 4.69) is 9.97 Å². The number of hydrogen-bond acceptors (Lipinski definition) is 1. The molecule has 1 N–H and O–H groups in total. The molecular formula is C9H9N2Na. The number of nitrogens with one attached hydrogen (secondary N) is 1. The molecule has 12 heavy (non-hydrogen) atoms. The van der Waals surface area contributed by atoms with Crippen molar-refractivity contribution >= 4 is 0 Å². The molecule has 0 amide bonds. The fourth-order valence-electron chi connectivity index (χ4n) is 1.02. The Morgan fingerprint density at radius 2 is 1.92 bits per heavy atom. The second kappa shape index (κ2) is 4.45. The minimum atomic E-state index is 0. The van der Waals surface area contributed by atoms with Gasteiger partial charge in [-0.3, -0.25) is 0 Å². The standard InChI is InChI=1S/C9H8N2.Na.H/c1-2-4-8(5-3-1)9-10-6-7-11-9;;/h1-7H,(H,10,11);;/q;+1;-1. The Balaban J connectivity index is 0.000000720. The van der Waals surface area contributed by atoms with Gasteiger partial charge in [0.15, 0.2) is 0 Å². The van der Waals surface area contributed by atoms with Gasteiger partial charge >= 0.3 is 29.6 Å². The molecule has 1 aromatic heterocycles. The average Bonchev–Trinajstić information content (AvgIpc) is 2.58. The van der Waals surface area contributed by atoms with E-state index in [1.165, 1.54) is 0 Å². The molecule has 0 unspecified atom stereocenters. The fourth-order valence-corrected chi connectivity index (χ4v) is 1.02. The summed E-state index contributed by atoms with van der Waals surface area (Å²) in [6.45, 7) is 0. The van der Waals surface area contributed by atoms with Gasteiger partial charge < -0.3 is 6.41 Å². The van der Waals surface area contributed by atoms with Crippen molar-refractivity contribution in [1.82, 2.24) is 9.97 Å². The smallest absolute Gasteiger partial charge is 1.00 e. The van der Waals surface area contributed by atoms with Crippen molar-refractivity contribution in [1.29, 1.82) is 0 Å². The quantitative estimate of drug-likeness (QED) is 0.554. The molecule has 1 heterocycles. The zero-order chi connectivity index (χ0) is 7.52. The molecule has 0 aliphatic carbocycles. The van der Waals surface area contributed by atoms with E-state index >= 15 is 0 Å². The summed E-state index contributed by atoms with van der Waals surface area (Å²) >= 11 is 0. The van der Waals surface area contributed by atoms with Crippen LogP contribution < -0.4 is 29.6 Å². The number of rotatable bonds is 1. The van der Waals surface area contributed by atoms with Gasteiger partial charge in [0.1, 0.15) is 5.82 Å². The Hall–Kier alpha value is -0.570. The van der Waals surface area contributed by atoms with E-state index in [4.69, 9.17) is 0 Å². The van der Waals surface area contributed by atoms with E-state index < -0.39 is 0 Å². The van der Waals surface area contributed by atoms with Crippen molar-refractivity contribution < 1.29 is 31.0 Å². The maximum atomic E-state index is 4.13. The number of benzene rings is 1. The van der Waals surface area contributed by atoms with Crippen molar-refractivity contribution in [2.75, 3.05) is 0 Å². The van der Waals surface area contributed by atoms with Crippen LogP contribution in [-0.2, 0) is 0 Å². The fraction of sp³-hybridized carbons (Fsp3) is 0. The molecular weight excluding hydrogens is 159 g/mol. The van der Waals surface area contributed by atoms with Gasteiger partial charge in [-0.25, -0.2) is 4.98 Å². The molecule has 0 fully saturated rings. The van der Waals surface area contributed by atoms with Crippen molar-refractivity contribution in [3.63, 3.8) is 0 Å². The van der Waals surface area contributed by atoms with Crippen LogP contribution in [0.25, 0.3) is 11.4 Å². The number of imidazole rings is 1. The molecule has 0 aliphatic rings. The predicted octanol–water partition coefficient (Wildman–Crippen LogP) is -0.807. The van der Waals surface area contributed by atoms with E-state index in [0.29, 0.717) is 0 Å². The molecule has 0 atom stereocenters. The maximum absolute atomic E-state index is 4.13. The van der Waals surface area contributed by atoms with Gasteiger partial charge in [-0.1, -0.05) is 30.3 Å². The Labute approximate surface area is 94.8 Å². The van der Waals surface area contributed by atoms with Crippen LogP contribution in [0.3, 0.4) is 0 Å². The summed E-state index contributed by atoms with van der Waals surface area (Å²) in [4.78, 5) is 7.17. The number of aromatic nitrogens is 2. The summed E-state index contributed by atoms with van der Waals surface area (Å²) in [7, 11) is 0. The zero-order valence-electron chi connectivity index (χ0n) is 7.99. The van der Waals surface area contributed by atoms with E-state index in [1.54, 1.807) is 6.20 Å². The summed E-state index contributed by atoms with van der Waals surface area (Å²) < 4.78 is 0. The Bertz CT molecular complexity index is 321. The minimum Gasteiger partial charge on any atom is -1.00 e. The predicted molar refractivity (Wildman–Crippen MR) is 45.1 cm³/mol. The first-order valence-electron chi connectivity index (χ1n) is 3.51. The number of aromatic amines is 1. The summed E-state index contributed by atoms with van der Waals surface area (Å²) in [6, 6.07) is 10.0. The van der Waals surface area contributed by atoms with Crippen LogP contribution >= 0.6 is 0 Å². The maximum Gasteiger partial charge on any atom is 1.00 e. The molecule has 0 saturated carbocycles. The second-order valence-electron chi connectivity index (χ2n) is 2.30. The first-order chi connectivity index (χ1) is 5.47. The monoisotopic (exact) mass is 168 g/mol. The van der Waals surface area contributed by atoms with Gasteiger partial charge in [-0.15, -0.1) is 0 Å². The van der Waals surface area contributed by atoms with Crippen molar-refractivity contribution in [2.45, 2.75) is 0 Å². The topological polar surface area (TPSA) is 28.7 Å². The summed E-state index contributed by atoms with van der Waals surface area (Å²) in [6.07, 6.45) is 3.57. The van der Waals surface area contributed by atoms with Gasteiger partial charge in [0.2, 0.25) is 0 Å². The molecule has 2 rings (SSSR count). The largest absolute Gasteiger partial charge is 1.00 e. The van der Waals surface area contributed by atoms with E-state index in [1.807, 2.05) is 36.5 Å². The summed E-state index contributed by atoms with van der Waals surface area (Å²) in [5, 5.41) is 0. The number of nitrogens with zero attached hydrogens (tertiary/aromatic N) is 1. The molecule has 0 saturated heterocycles. The van der Waals surface area contributed by atoms with Crippen molar-refractivity contribution in [2.24, 2.45) is 0 Å². The van der Waals surface area contributed by atoms with Gasteiger partial charge in [0.05, 0.1) is 0 Å². The SMILES string of the molecule is [H-].[Na+].c1ccc(-c2ncc[nH]2)cc1. The van der Waals surface area contributed by atoms with Crippen LogP contribution in [0.4, 0.5) is 0 Å². The zero-order valence-corrected chi connectivity index (χ0v) is 8.99. The van der Waals surface area contributed by atoms with Gasteiger partial charge in [-0.05, 0) is 0 Å².